The highest BCUT2D eigenvalue weighted by Gasteiger charge is 2.22. The van der Waals surface area contributed by atoms with E-state index in [4.69, 9.17) is 5.10 Å². The van der Waals surface area contributed by atoms with Crippen LogP contribution in [0.4, 0.5) is 10.5 Å². The van der Waals surface area contributed by atoms with Crippen molar-refractivity contribution in [1.82, 2.24) is 20.1 Å². The van der Waals surface area contributed by atoms with E-state index in [1.54, 1.807) is 12.4 Å². The van der Waals surface area contributed by atoms with Crippen molar-refractivity contribution in [3.63, 3.8) is 0 Å². The maximum Gasteiger partial charge on any atom is 0.319 e. The number of urea groups is 1. The minimum absolute atomic E-state index is 0.228. The van der Waals surface area contributed by atoms with Crippen LogP contribution in [0, 0.1) is 13.8 Å². The molecule has 150 valence electrons. The van der Waals surface area contributed by atoms with Crippen molar-refractivity contribution in [3.05, 3.63) is 65.6 Å². The predicted octanol–water partition coefficient (Wildman–Crippen LogP) is 5.00. The summed E-state index contributed by atoms with van der Waals surface area (Å²) in [6.45, 7) is 4.48. The molecule has 29 heavy (non-hydrogen) atoms. The van der Waals surface area contributed by atoms with Gasteiger partial charge >= 0.3 is 6.03 Å². The number of nitrogens with one attached hydrogen (secondary N) is 2. The van der Waals surface area contributed by atoms with Gasteiger partial charge in [0.2, 0.25) is 0 Å². The third kappa shape index (κ3) is 4.47. The van der Waals surface area contributed by atoms with Crippen molar-refractivity contribution in [2.75, 3.05) is 5.32 Å². The first-order valence-corrected chi connectivity index (χ1v) is 10.2. The summed E-state index contributed by atoms with van der Waals surface area (Å²) in [5.74, 6) is 0. The molecule has 1 aromatic carbocycles. The minimum Gasteiger partial charge on any atom is -0.332 e. The minimum atomic E-state index is -0.228. The Morgan fingerprint density at radius 1 is 1.07 bits per heavy atom. The number of nitrogens with zero attached hydrogens (tertiary/aromatic N) is 3. The molecule has 1 saturated carbocycles. The summed E-state index contributed by atoms with van der Waals surface area (Å²) in [6.07, 6.45) is 8.39. The van der Waals surface area contributed by atoms with Crippen LogP contribution < -0.4 is 10.6 Å². The Morgan fingerprint density at radius 3 is 2.55 bits per heavy atom. The van der Waals surface area contributed by atoms with Crippen LogP contribution in [0.5, 0.6) is 0 Å². The monoisotopic (exact) mass is 389 g/mol. The van der Waals surface area contributed by atoms with Crippen molar-refractivity contribution < 1.29 is 4.79 Å². The van der Waals surface area contributed by atoms with E-state index in [2.05, 4.69) is 33.3 Å². The fourth-order valence-electron chi connectivity index (χ4n) is 3.86. The van der Waals surface area contributed by atoms with Crippen molar-refractivity contribution in [3.8, 4) is 11.3 Å². The number of amides is 2. The number of hydrogen-bond donors (Lipinski definition) is 2. The maximum absolute atomic E-state index is 12.3. The topological polar surface area (TPSA) is 71.8 Å². The molecule has 1 aliphatic rings. The fourth-order valence-corrected chi connectivity index (χ4v) is 3.86. The van der Waals surface area contributed by atoms with Gasteiger partial charge in [-0.15, -0.1) is 0 Å². The van der Waals surface area contributed by atoms with Gasteiger partial charge in [-0.05, 0) is 68.1 Å². The van der Waals surface area contributed by atoms with Crippen LogP contribution in [0.1, 0.15) is 48.5 Å². The molecule has 2 amide bonds. The van der Waals surface area contributed by atoms with Crippen LogP contribution >= 0.6 is 0 Å². The van der Waals surface area contributed by atoms with Crippen LogP contribution in [0.2, 0.25) is 0 Å². The molecule has 2 N–H and O–H groups in total. The summed E-state index contributed by atoms with van der Waals surface area (Å²) < 4.78 is 2.14. The van der Waals surface area contributed by atoms with E-state index >= 15 is 0 Å². The number of carbonyl (C=O) groups is 1. The molecule has 0 saturated heterocycles. The SMILES string of the molecule is Cc1ccc(NC(=O)NCc2cc(-c3ccncc3)n(C3CCCC3)n2)cc1C. The molecular formula is C23H27N5O. The Bertz CT molecular complexity index is 990. The van der Waals surface area contributed by atoms with Crippen LogP contribution in [0.25, 0.3) is 11.3 Å². The van der Waals surface area contributed by atoms with Gasteiger partial charge in [0.1, 0.15) is 0 Å². The number of aromatic nitrogens is 3. The van der Waals surface area contributed by atoms with Gasteiger partial charge in [0, 0.05) is 23.6 Å². The average Bonchev–Trinajstić information content (AvgIpc) is 3.39. The molecule has 3 aromatic rings. The van der Waals surface area contributed by atoms with Crippen molar-refractivity contribution in [1.29, 1.82) is 0 Å². The molecule has 1 fully saturated rings. The van der Waals surface area contributed by atoms with Gasteiger partial charge in [-0.25, -0.2) is 4.79 Å². The highest BCUT2D eigenvalue weighted by atomic mass is 16.2. The van der Waals surface area contributed by atoms with Gasteiger partial charge in [0.25, 0.3) is 0 Å². The van der Waals surface area contributed by atoms with Crippen LogP contribution in [-0.2, 0) is 6.54 Å². The third-order valence-corrected chi connectivity index (χ3v) is 5.63. The Kier molecular flexibility index (Phi) is 5.60. The number of benzene rings is 1. The lowest BCUT2D eigenvalue weighted by molar-refractivity contribution is 0.251. The van der Waals surface area contributed by atoms with E-state index < -0.39 is 0 Å². The molecular weight excluding hydrogens is 362 g/mol. The second-order valence-electron chi connectivity index (χ2n) is 7.75. The van der Waals surface area contributed by atoms with Crippen molar-refractivity contribution in [2.45, 2.75) is 52.1 Å². The van der Waals surface area contributed by atoms with E-state index in [1.807, 2.05) is 37.3 Å². The normalized spacial score (nSPS) is 14.1. The third-order valence-electron chi connectivity index (χ3n) is 5.63. The Morgan fingerprint density at radius 2 is 1.83 bits per heavy atom. The quantitative estimate of drug-likeness (QED) is 0.645. The molecule has 0 unspecified atom stereocenters. The Hall–Kier alpha value is -3.15. The van der Waals surface area contributed by atoms with E-state index in [-0.39, 0.29) is 6.03 Å². The van der Waals surface area contributed by atoms with Crippen LogP contribution in [0.15, 0.2) is 48.8 Å². The van der Waals surface area contributed by atoms with Crippen LogP contribution in [0.3, 0.4) is 0 Å². The standard InChI is InChI=1S/C23H27N5O/c1-16-7-8-19(13-17(16)2)26-23(29)25-15-20-14-22(18-9-11-24-12-10-18)28(27-20)21-5-3-4-6-21/h7-14,21H,3-6,15H2,1-2H3,(H2,25,26,29). The zero-order valence-electron chi connectivity index (χ0n) is 17.0. The number of rotatable bonds is 5. The van der Waals surface area contributed by atoms with Gasteiger partial charge in [0.15, 0.2) is 0 Å². The lowest BCUT2D eigenvalue weighted by Gasteiger charge is -2.14. The number of aryl methyl sites for hydroxylation is 2. The average molecular weight is 390 g/mol. The molecule has 0 bridgehead atoms. The summed E-state index contributed by atoms with van der Waals surface area (Å²) in [4.78, 5) is 16.5. The summed E-state index contributed by atoms with van der Waals surface area (Å²) in [5.41, 5.74) is 6.20. The van der Waals surface area contributed by atoms with E-state index in [1.165, 1.54) is 18.4 Å². The molecule has 2 heterocycles. The molecule has 6 nitrogen and oxygen atoms in total. The molecule has 0 radical (unpaired) electrons. The molecule has 2 aromatic heterocycles. The molecule has 1 aliphatic carbocycles. The van der Waals surface area contributed by atoms with Gasteiger partial charge < -0.3 is 10.6 Å². The fraction of sp³-hybridized carbons (Fsp3) is 0.348. The Balaban J connectivity index is 1.47. The lowest BCUT2D eigenvalue weighted by Crippen LogP contribution is -2.28. The smallest absolute Gasteiger partial charge is 0.319 e. The second kappa shape index (κ2) is 8.47. The second-order valence-corrected chi connectivity index (χ2v) is 7.75. The zero-order chi connectivity index (χ0) is 20.2. The summed E-state index contributed by atoms with van der Waals surface area (Å²) in [6, 6.07) is 12.2. The molecule has 0 spiro atoms. The first-order valence-electron chi connectivity index (χ1n) is 10.2. The number of pyridine rings is 1. The summed E-state index contributed by atoms with van der Waals surface area (Å²) in [5, 5.41) is 10.6. The van der Waals surface area contributed by atoms with Gasteiger partial charge in [-0.1, -0.05) is 18.9 Å². The van der Waals surface area contributed by atoms with Crippen molar-refractivity contribution in [2.24, 2.45) is 0 Å². The zero-order valence-corrected chi connectivity index (χ0v) is 17.0. The van der Waals surface area contributed by atoms with Crippen molar-refractivity contribution >= 4 is 11.7 Å². The number of hydrogen-bond acceptors (Lipinski definition) is 3. The van der Waals surface area contributed by atoms with Gasteiger partial charge in [-0.2, -0.15) is 5.10 Å². The van der Waals surface area contributed by atoms with E-state index in [0.717, 1.165) is 41.0 Å². The number of carbonyl (C=O) groups excluding carboxylic acids is 1. The largest absolute Gasteiger partial charge is 0.332 e. The van der Waals surface area contributed by atoms with Gasteiger partial charge in [0.05, 0.1) is 24.0 Å². The summed E-state index contributed by atoms with van der Waals surface area (Å²) in [7, 11) is 0. The van der Waals surface area contributed by atoms with Crippen LogP contribution in [-0.4, -0.2) is 20.8 Å². The highest BCUT2D eigenvalue weighted by molar-refractivity contribution is 5.89. The Labute approximate surface area is 171 Å². The predicted molar refractivity (Wildman–Crippen MR) is 115 cm³/mol. The molecule has 0 atom stereocenters. The first-order chi connectivity index (χ1) is 14.1. The molecule has 0 aliphatic heterocycles. The molecule has 4 rings (SSSR count). The van der Waals surface area contributed by atoms with Gasteiger partial charge in [-0.3, -0.25) is 9.67 Å². The first kappa shape index (κ1) is 19.2. The number of anilines is 1. The maximum atomic E-state index is 12.3. The highest BCUT2D eigenvalue weighted by Crippen LogP contribution is 2.33. The summed E-state index contributed by atoms with van der Waals surface area (Å²) >= 11 is 0. The lowest BCUT2D eigenvalue weighted by atomic mass is 10.1. The molecule has 6 heteroatoms. The van der Waals surface area contributed by atoms with E-state index in [9.17, 15) is 4.79 Å². The van der Waals surface area contributed by atoms with E-state index in [0.29, 0.717) is 12.6 Å².